The number of benzene rings is 2. The molecule has 0 saturated carbocycles. The number of hydrogen-bond acceptors (Lipinski definition) is 2. The Hall–Kier alpha value is -1.51. The number of aryl methyl sites for hydroxylation is 2. The van der Waals surface area contributed by atoms with Gasteiger partial charge >= 0.3 is 0 Å². The predicted molar refractivity (Wildman–Crippen MR) is 76.5 cm³/mol. The first-order valence-electron chi connectivity index (χ1n) is 5.79. The van der Waals surface area contributed by atoms with Crippen LogP contribution in [0.4, 0.5) is 0 Å². The maximum Gasteiger partial charge on any atom is 0.198 e. The van der Waals surface area contributed by atoms with Crippen LogP contribution < -0.4 is 0 Å². The average molecular weight is 293 g/mol. The van der Waals surface area contributed by atoms with Crippen LogP contribution >= 0.6 is 23.2 Å². The summed E-state index contributed by atoms with van der Waals surface area (Å²) in [6, 6.07) is 5.05. The number of fused-ring (bicyclic) bond motifs is 3. The summed E-state index contributed by atoms with van der Waals surface area (Å²) in [5.74, 6) is -0.329. The fraction of sp³-hybridized carbons (Fsp3) is 0.133. The number of aromatic hydroxyl groups is 1. The summed E-state index contributed by atoms with van der Waals surface area (Å²) in [4.78, 5) is 12.4. The van der Waals surface area contributed by atoms with E-state index in [-0.39, 0.29) is 22.1 Å². The Morgan fingerprint density at radius 2 is 1.53 bits per heavy atom. The van der Waals surface area contributed by atoms with Crippen LogP contribution in [0.5, 0.6) is 5.75 Å². The third-order valence-electron chi connectivity index (χ3n) is 3.57. The average Bonchev–Trinajstić information content (AvgIpc) is 2.62. The van der Waals surface area contributed by atoms with Crippen molar-refractivity contribution in [3.63, 3.8) is 0 Å². The topological polar surface area (TPSA) is 37.3 Å². The Bertz CT molecular complexity index is 749. The highest BCUT2D eigenvalue weighted by atomic mass is 35.5. The number of hydrogen-bond donors (Lipinski definition) is 1. The summed E-state index contributed by atoms with van der Waals surface area (Å²) in [5, 5.41) is 10.5. The molecule has 3 rings (SSSR count). The number of halogens is 2. The van der Waals surface area contributed by atoms with E-state index in [1.165, 1.54) is 6.07 Å². The molecule has 19 heavy (non-hydrogen) atoms. The van der Waals surface area contributed by atoms with Gasteiger partial charge in [0.15, 0.2) is 5.78 Å². The molecular formula is C15H10Cl2O2. The molecule has 0 fully saturated rings. The SMILES string of the molecule is Cc1cc2c(cc1C)-c1c(Cl)c(Cl)cc(O)c1C2=O. The highest BCUT2D eigenvalue weighted by molar-refractivity contribution is 6.45. The molecule has 0 aliphatic heterocycles. The van der Waals surface area contributed by atoms with E-state index in [9.17, 15) is 9.90 Å². The summed E-state index contributed by atoms with van der Waals surface area (Å²) in [7, 11) is 0. The van der Waals surface area contributed by atoms with Gasteiger partial charge in [0.1, 0.15) is 5.75 Å². The third kappa shape index (κ3) is 1.60. The van der Waals surface area contributed by atoms with Crippen molar-refractivity contribution < 1.29 is 9.90 Å². The molecule has 0 amide bonds. The Morgan fingerprint density at radius 3 is 2.16 bits per heavy atom. The molecule has 0 atom stereocenters. The first-order valence-corrected chi connectivity index (χ1v) is 6.54. The van der Waals surface area contributed by atoms with E-state index in [1.807, 2.05) is 26.0 Å². The van der Waals surface area contributed by atoms with Crippen LogP contribution in [0.2, 0.25) is 10.0 Å². The molecule has 0 aromatic heterocycles. The van der Waals surface area contributed by atoms with Crippen LogP contribution in [0, 0.1) is 13.8 Å². The number of ketones is 1. The molecule has 96 valence electrons. The quantitative estimate of drug-likeness (QED) is 0.661. The summed E-state index contributed by atoms with van der Waals surface area (Å²) < 4.78 is 0. The van der Waals surface area contributed by atoms with Crippen molar-refractivity contribution in [2.75, 3.05) is 0 Å². The second-order valence-electron chi connectivity index (χ2n) is 4.75. The molecule has 2 aromatic carbocycles. The van der Waals surface area contributed by atoms with Crippen molar-refractivity contribution in [2.45, 2.75) is 13.8 Å². The van der Waals surface area contributed by atoms with Gasteiger partial charge in [0.05, 0.1) is 15.6 Å². The Kier molecular flexibility index (Phi) is 2.63. The predicted octanol–water partition coefficient (Wildman–Crippen LogP) is 4.53. The van der Waals surface area contributed by atoms with Crippen LogP contribution in [0.1, 0.15) is 27.0 Å². The summed E-state index contributed by atoms with van der Waals surface area (Å²) in [5.41, 5.74) is 4.18. The van der Waals surface area contributed by atoms with E-state index in [0.717, 1.165) is 16.7 Å². The molecule has 0 spiro atoms. The van der Waals surface area contributed by atoms with E-state index in [1.54, 1.807) is 0 Å². The lowest BCUT2D eigenvalue weighted by molar-refractivity contribution is 0.104. The van der Waals surface area contributed by atoms with Gasteiger partial charge in [-0.3, -0.25) is 4.79 Å². The van der Waals surface area contributed by atoms with Gasteiger partial charge < -0.3 is 5.11 Å². The first kappa shape index (κ1) is 12.5. The molecule has 1 aliphatic rings. The highest BCUT2D eigenvalue weighted by Gasteiger charge is 2.33. The fourth-order valence-electron chi connectivity index (χ4n) is 2.44. The zero-order chi connectivity index (χ0) is 13.9. The lowest BCUT2D eigenvalue weighted by Crippen LogP contribution is -1.96. The number of rotatable bonds is 0. The van der Waals surface area contributed by atoms with Crippen molar-refractivity contribution in [2.24, 2.45) is 0 Å². The Labute approximate surface area is 120 Å². The minimum atomic E-state index is -0.204. The van der Waals surface area contributed by atoms with Crippen molar-refractivity contribution in [1.82, 2.24) is 0 Å². The van der Waals surface area contributed by atoms with E-state index in [2.05, 4.69) is 0 Å². The van der Waals surface area contributed by atoms with Crippen molar-refractivity contribution in [1.29, 1.82) is 0 Å². The van der Waals surface area contributed by atoms with E-state index in [0.29, 0.717) is 16.1 Å². The lowest BCUT2D eigenvalue weighted by atomic mass is 9.99. The largest absolute Gasteiger partial charge is 0.507 e. The summed E-state index contributed by atoms with van der Waals surface area (Å²) in [6.45, 7) is 3.91. The molecule has 2 aromatic rings. The molecule has 1 aliphatic carbocycles. The zero-order valence-corrected chi connectivity index (χ0v) is 11.9. The van der Waals surface area contributed by atoms with E-state index in [4.69, 9.17) is 23.2 Å². The molecule has 0 heterocycles. The number of phenols is 1. The van der Waals surface area contributed by atoms with Crippen LogP contribution in [-0.2, 0) is 0 Å². The molecule has 0 saturated heterocycles. The number of carbonyl (C=O) groups excluding carboxylic acids is 1. The Morgan fingerprint density at radius 1 is 0.947 bits per heavy atom. The van der Waals surface area contributed by atoms with Gasteiger partial charge in [0.25, 0.3) is 0 Å². The molecular weight excluding hydrogens is 283 g/mol. The number of carbonyl (C=O) groups is 1. The van der Waals surface area contributed by atoms with Crippen molar-refractivity contribution in [3.05, 3.63) is 50.5 Å². The van der Waals surface area contributed by atoms with Crippen LogP contribution in [0.3, 0.4) is 0 Å². The van der Waals surface area contributed by atoms with Gasteiger partial charge in [-0.15, -0.1) is 0 Å². The fourth-order valence-corrected chi connectivity index (χ4v) is 2.89. The van der Waals surface area contributed by atoms with Gasteiger partial charge in [-0.2, -0.15) is 0 Å². The third-order valence-corrected chi connectivity index (χ3v) is 4.36. The van der Waals surface area contributed by atoms with Gasteiger partial charge in [0.2, 0.25) is 0 Å². The maximum atomic E-state index is 12.4. The normalized spacial score (nSPS) is 12.5. The van der Waals surface area contributed by atoms with Gasteiger partial charge in [-0.1, -0.05) is 29.3 Å². The van der Waals surface area contributed by atoms with E-state index < -0.39 is 0 Å². The van der Waals surface area contributed by atoms with Gasteiger partial charge in [-0.05, 0) is 36.6 Å². The summed E-state index contributed by atoms with van der Waals surface area (Å²) in [6.07, 6.45) is 0. The summed E-state index contributed by atoms with van der Waals surface area (Å²) >= 11 is 12.2. The molecule has 4 heteroatoms. The first-order chi connectivity index (χ1) is 8.91. The lowest BCUT2D eigenvalue weighted by Gasteiger charge is -2.08. The number of phenolic OH excluding ortho intramolecular Hbond substituents is 1. The molecule has 0 unspecified atom stereocenters. The van der Waals surface area contributed by atoms with E-state index >= 15 is 0 Å². The van der Waals surface area contributed by atoms with Crippen LogP contribution in [-0.4, -0.2) is 10.9 Å². The second kappa shape index (κ2) is 3.99. The zero-order valence-electron chi connectivity index (χ0n) is 10.3. The van der Waals surface area contributed by atoms with Crippen LogP contribution in [0.25, 0.3) is 11.1 Å². The Balaban J connectivity index is 2.46. The molecule has 1 N–H and O–H groups in total. The van der Waals surface area contributed by atoms with Gasteiger partial charge in [0, 0.05) is 17.2 Å². The monoisotopic (exact) mass is 292 g/mol. The maximum absolute atomic E-state index is 12.4. The van der Waals surface area contributed by atoms with Gasteiger partial charge in [-0.25, -0.2) is 0 Å². The minimum Gasteiger partial charge on any atom is -0.507 e. The minimum absolute atomic E-state index is 0.124. The smallest absolute Gasteiger partial charge is 0.198 e. The van der Waals surface area contributed by atoms with Crippen molar-refractivity contribution in [3.8, 4) is 16.9 Å². The van der Waals surface area contributed by atoms with Crippen molar-refractivity contribution >= 4 is 29.0 Å². The highest BCUT2D eigenvalue weighted by Crippen LogP contribution is 2.48. The second-order valence-corrected chi connectivity index (χ2v) is 5.54. The van der Waals surface area contributed by atoms with Crippen LogP contribution in [0.15, 0.2) is 18.2 Å². The molecule has 0 bridgehead atoms. The molecule has 2 nitrogen and oxygen atoms in total. The molecule has 0 radical (unpaired) electrons. The standard InChI is InChI=1S/C15H10Cl2O2/c1-6-3-8-9(4-7(6)2)15(19)13-11(18)5-10(16)14(17)12(8)13/h3-5,18H,1-2H3.